The van der Waals surface area contributed by atoms with Crippen LogP contribution in [0.4, 0.5) is 4.79 Å². The zero-order valence-electron chi connectivity index (χ0n) is 10.9. The molecule has 0 spiro atoms. The van der Waals surface area contributed by atoms with E-state index in [0.717, 1.165) is 12.8 Å². The van der Waals surface area contributed by atoms with Gasteiger partial charge in [-0.05, 0) is 47.0 Å². The van der Waals surface area contributed by atoms with E-state index in [1.54, 1.807) is 20.8 Å². The fourth-order valence-corrected chi connectivity index (χ4v) is 1.94. The smallest absolute Gasteiger partial charge is 0.411 e. The van der Waals surface area contributed by atoms with Gasteiger partial charge in [0.05, 0.1) is 11.5 Å². The first-order valence-corrected chi connectivity index (χ1v) is 5.89. The molecule has 0 radical (unpaired) electrons. The van der Waals surface area contributed by atoms with Gasteiger partial charge < -0.3 is 14.6 Å². The molecule has 1 heterocycles. The van der Waals surface area contributed by atoms with Crippen molar-refractivity contribution in [1.82, 2.24) is 4.90 Å². The van der Waals surface area contributed by atoms with Crippen molar-refractivity contribution in [3.8, 4) is 0 Å². The lowest BCUT2D eigenvalue weighted by atomic mass is 9.89. The van der Waals surface area contributed by atoms with Crippen LogP contribution in [0.2, 0.25) is 0 Å². The number of carboxylic acids is 1. The van der Waals surface area contributed by atoms with Crippen LogP contribution < -0.4 is 5.11 Å². The van der Waals surface area contributed by atoms with Crippen LogP contribution in [0.25, 0.3) is 0 Å². The molecule has 1 saturated heterocycles. The van der Waals surface area contributed by atoms with Gasteiger partial charge in [-0.15, -0.1) is 0 Å². The first-order chi connectivity index (χ1) is 7.67. The van der Waals surface area contributed by atoms with E-state index in [1.807, 2.05) is 0 Å². The van der Waals surface area contributed by atoms with E-state index < -0.39 is 23.2 Å². The summed E-state index contributed by atoms with van der Waals surface area (Å²) in [4.78, 5) is 24.4. The Kier molecular flexibility index (Phi) is 3.69. The zero-order chi connectivity index (χ0) is 13.3. The summed E-state index contributed by atoms with van der Waals surface area (Å²) in [5, 5.41) is 11.2. The highest BCUT2D eigenvalue weighted by Gasteiger charge is 2.40. The van der Waals surface area contributed by atoms with E-state index in [9.17, 15) is 14.7 Å². The summed E-state index contributed by atoms with van der Waals surface area (Å²) in [5.74, 6) is -1.22. The third-order valence-electron chi connectivity index (χ3n) is 2.94. The number of rotatable bonds is 1. The topological polar surface area (TPSA) is 69.7 Å². The van der Waals surface area contributed by atoms with Gasteiger partial charge >= 0.3 is 6.09 Å². The second-order valence-corrected chi connectivity index (χ2v) is 5.65. The van der Waals surface area contributed by atoms with E-state index in [-0.39, 0.29) is 0 Å². The molecule has 1 aliphatic heterocycles. The lowest BCUT2D eigenvalue weighted by Gasteiger charge is -2.45. The number of hydrogen-bond acceptors (Lipinski definition) is 4. The van der Waals surface area contributed by atoms with Crippen molar-refractivity contribution in [2.24, 2.45) is 0 Å². The van der Waals surface area contributed by atoms with E-state index in [2.05, 4.69) is 0 Å². The fraction of sp³-hybridized carbons (Fsp3) is 0.833. The minimum absolute atomic E-state index is 0.402. The molecule has 0 aromatic heterocycles. The van der Waals surface area contributed by atoms with Crippen LogP contribution in [-0.2, 0) is 9.53 Å². The molecule has 0 aromatic carbocycles. The highest BCUT2D eigenvalue weighted by atomic mass is 16.6. The number of carbonyl (C=O) groups excluding carboxylic acids is 2. The third-order valence-corrected chi connectivity index (χ3v) is 2.94. The molecular weight excluding hydrogens is 222 g/mol. The van der Waals surface area contributed by atoms with Crippen LogP contribution >= 0.6 is 0 Å². The minimum atomic E-state index is -1.25. The number of amides is 1. The van der Waals surface area contributed by atoms with Crippen molar-refractivity contribution in [3.05, 3.63) is 0 Å². The molecule has 17 heavy (non-hydrogen) atoms. The lowest BCUT2D eigenvalue weighted by Crippen LogP contribution is -2.62. The lowest BCUT2D eigenvalue weighted by molar-refractivity contribution is -0.319. The molecule has 1 amide bonds. The normalized spacial score (nSPS) is 25.5. The second-order valence-electron chi connectivity index (χ2n) is 5.65. The van der Waals surface area contributed by atoms with Gasteiger partial charge in [0, 0.05) is 6.54 Å². The van der Waals surface area contributed by atoms with Gasteiger partial charge in [0.15, 0.2) is 0 Å². The Morgan fingerprint density at radius 1 is 1.29 bits per heavy atom. The number of carbonyl (C=O) groups is 2. The molecule has 0 saturated carbocycles. The SMILES string of the molecule is CC(C)(C)OC(=O)N1CCCC[C@]1(C)C(=O)[O-]. The molecule has 1 rings (SSSR count). The van der Waals surface area contributed by atoms with Crippen LogP contribution in [0.15, 0.2) is 0 Å². The largest absolute Gasteiger partial charge is 0.548 e. The fourth-order valence-electron chi connectivity index (χ4n) is 1.94. The van der Waals surface area contributed by atoms with Crippen molar-refractivity contribution in [3.63, 3.8) is 0 Å². The van der Waals surface area contributed by atoms with Gasteiger partial charge in [0.2, 0.25) is 0 Å². The molecule has 1 aliphatic rings. The molecule has 0 N–H and O–H groups in total. The summed E-state index contributed by atoms with van der Waals surface area (Å²) in [5.41, 5.74) is -1.87. The predicted octanol–water partition coefficient (Wildman–Crippen LogP) is 0.916. The predicted molar refractivity (Wildman–Crippen MR) is 60.2 cm³/mol. The first kappa shape index (κ1) is 13.8. The average molecular weight is 242 g/mol. The van der Waals surface area contributed by atoms with E-state index in [1.165, 1.54) is 11.8 Å². The third kappa shape index (κ3) is 3.11. The Hall–Kier alpha value is -1.26. The second kappa shape index (κ2) is 4.55. The molecule has 0 unspecified atom stereocenters. The van der Waals surface area contributed by atoms with Crippen LogP contribution in [0.3, 0.4) is 0 Å². The maximum absolute atomic E-state index is 11.9. The number of carboxylic acid groups (broad SMARTS) is 1. The molecule has 98 valence electrons. The monoisotopic (exact) mass is 242 g/mol. The molecule has 0 aromatic rings. The summed E-state index contributed by atoms with van der Waals surface area (Å²) in [6.07, 6.45) is 1.41. The van der Waals surface area contributed by atoms with Crippen molar-refractivity contribution >= 4 is 12.1 Å². The standard InChI is InChI=1S/C12H21NO4/c1-11(2,3)17-10(16)13-8-6-5-7-12(13,4)9(14)15/h5-8H2,1-4H3,(H,14,15)/p-1/t12-/m1/s1. The quantitative estimate of drug-likeness (QED) is 0.685. The van der Waals surface area contributed by atoms with E-state index >= 15 is 0 Å². The van der Waals surface area contributed by atoms with Gasteiger partial charge in [-0.2, -0.15) is 0 Å². The Morgan fingerprint density at radius 3 is 2.35 bits per heavy atom. The highest BCUT2D eigenvalue weighted by Crippen LogP contribution is 2.29. The van der Waals surface area contributed by atoms with Gasteiger partial charge in [-0.25, -0.2) is 4.79 Å². The summed E-state index contributed by atoms with van der Waals surface area (Å²) in [6, 6.07) is 0. The van der Waals surface area contributed by atoms with Crippen LogP contribution in [0.5, 0.6) is 0 Å². The van der Waals surface area contributed by atoms with Crippen molar-refractivity contribution in [2.45, 2.75) is 58.1 Å². The van der Waals surface area contributed by atoms with Crippen molar-refractivity contribution < 1.29 is 19.4 Å². The molecule has 5 heteroatoms. The van der Waals surface area contributed by atoms with Crippen LogP contribution in [0, 0.1) is 0 Å². The highest BCUT2D eigenvalue weighted by molar-refractivity contribution is 5.83. The first-order valence-electron chi connectivity index (χ1n) is 5.89. The van der Waals surface area contributed by atoms with Gasteiger partial charge in [-0.1, -0.05) is 0 Å². The molecule has 1 atom stereocenters. The zero-order valence-corrected chi connectivity index (χ0v) is 10.9. The molecule has 0 aliphatic carbocycles. The number of piperidine rings is 1. The minimum Gasteiger partial charge on any atom is -0.548 e. The summed E-state index contributed by atoms with van der Waals surface area (Å²) < 4.78 is 5.22. The van der Waals surface area contributed by atoms with Gasteiger partial charge in [0.1, 0.15) is 5.60 Å². The molecular formula is C12H20NO4-. The number of hydrogen-bond donors (Lipinski definition) is 0. The Labute approximate surface area is 102 Å². The van der Waals surface area contributed by atoms with Gasteiger partial charge in [0.25, 0.3) is 0 Å². The Bertz CT molecular complexity index is 321. The maximum Gasteiger partial charge on any atom is 0.411 e. The number of likely N-dealkylation sites (tertiary alicyclic amines) is 1. The molecule has 0 bridgehead atoms. The van der Waals surface area contributed by atoms with Crippen molar-refractivity contribution in [2.75, 3.05) is 6.54 Å². The maximum atomic E-state index is 11.9. The Morgan fingerprint density at radius 2 is 1.88 bits per heavy atom. The average Bonchev–Trinajstić information content (AvgIpc) is 2.15. The Balaban J connectivity index is 2.86. The summed E-state index contributed by atoms with van der Waals surface area (Å²) >= 11 is 0. The number of ether oxygens (including phenoxy) is 1. The number of nitrogens with zero attached hydrogens (tertiary/aromatic N) is 1. The molecule has 5 nitrogen and oxygen atoms in total. The molecule has 1 fully saturated rings. The van der Waals surface area contributed by atoms with Crippen LogP contribution in [-0.4, -0.2) is 34.6 Å². The van der Waals surface area contributed by atoms with Crippen LogP contribution in [0.1, 0.15) is 47.0 Å². The summed E-state index contributed by atoms with van der Waals surface area (Å²) in [6.45, 7) is 7.19. The van der Waals surface area contributed by atoms with Gasteiger partial charge in [-0.3, -0.25) is 4.90 Å². The van der Waals surface area contributed by atoms with Crippen molar-refractivity contribution in [1.29, 1.82) is 0 Å². The van der Waals surface area contributed by atoms with E-state index in [4.69, 9.17) is 4.74 Å². The summed E-state index contributed by atoms with van der Waals surface area (Å²) in [7, 11) is 0. The van der Waals surface area contributed by atoms with E-state index in [0.29, 0.717) is 13.0 Å². The number of aliphatic carboxylic acids is 1.